The van der Waals surface area contributed by atoms with Crippen molar-refractivity contribution in [3.8, 4) is 56.0 Å². The van der Waals surface area contributed by atoms with Crippen molar-refractivity contribution in [1.82, 2.24) is 39.1 Å². The van der Waals surface area contributed by atoms with Gasteiger partial charge in [0.05, 0.1) is 96.8 Å². The molecule has 0 saturated heterocycles. The van der Waals surface area contributed by atoms with E-state index in [-0.39, 0.29) is 65.1 Å². The molecule has 0 amide bonds. The van der Waals surface area contributed by atoms with E-state index in [1.54, 1.807) is 47.3 Å². The first-order valence-corrected chi connectivity index (χ1v) is 53.8. The third-order valence-corrected chi connectivity index (χ3v) is 35.4. The minimum absolute atomic E-state index is 0.0220. The molecule has 0 bridgehead atoms. The van der Waals surface area contributed by atoms with Crippen LogP contribution in [0.2, 0.25) is 5.02 Å². The summed E-state index contributed by atoms with van der Waals surface area (Å²) in [5.41, 5.74) is 22.1. The number of nitrogens with zero attached hydrogens (tertiary/aromatic N) is 9. The molecule has 0 aliphatic heterocycles. The van der Waals surface area contributed by atoms with Gasteiger partial charge in [0.1, 0.15) is 28.8 Å². The molecule has 0 radical (unpaired) electrons. The maximum Gasteiger partial charge on any atom is 0.191 e. The van der Waals surface area contributed by atoms with Crippen molar-refractivity contribution in [2.45, 2.75) is 208 Å². The van der Waals surface area contributed by atoms with E-state index < -0.39 is 0 Å². The molecule has 4 atom stereocenters. The second-order valence-corrected chi connectivity index (χ2v) is 45.8. The van der Waals surface area contributed by atoms with Gasteiger partial charge in [0.25, 0.3) is 0 Å². The predicted molar refractivity (Wildman–Crippen MR) is 591 cm³/mol. The van der Waals surface area contributed by atoms with Crippen LogP contribution in [0.25, 0.3) is 93.0 Å². The summed E-state index contributed by atoms with van der Waals surface area (Å²) in [4.78, 5) is 92.5. The van der Waals surface area contributed by atoms with Gasteiger partial charge < -0.3 is 9.47 Å². The first-order chi connectivity index (χ1) is 72.0. The van der Waals surface area contributed by atoms with Crippen LogP contribution in [-0.4, -0.2) is 93.8 Å². The maximum absolute atomic E-state index is 13.5. The Bertz CT molecular complexity index is 7790. The predicted octanol–water partition coefficient (Wildman–Crippen LogP) is 30.8. The summed E-state index contributed by atoms with van der Waals surface area (Å²) in [6.07, 6.45) is 27.3. The van der Waals surface area contributed by atoms with Crippen LogP contribution in [0.1, 0.15) is 272 Å². The van der Waals surface area contributed by atoms with Crippen LogP contribution >= 0.6 is 11.6 Å². The highest BCUT2D eigenvalue weighted by molar-refractivity contribution is 6.36. The average molecular weight is 2000 g/mol. The molecule has 8 aliphatic rings. The lowest BCUT2D eigenvalue weighted by atomic mass is 9.47. The summed E-state index contributed by atoms with van der Waals surface area (Å²) in [6.45, 7) is 23.3. The lowest BCUT2D eigenvalue weighted by Crippen LogP contribution is -2.49. The molecular formula is C130H130ClN9O9. The highest BCUT2D eigenvalue weighted by atomic mass is 35.5. The van der Waals surface area contributed by atoms with E-state index in [0.717, 1.165) is 188 Å². The van der Waals surface area contributed by atoms with Gasteiger partial charge in [-0.2, -0.15) is 20.4 Å². The number of carbonyl (C=O) groups is 7. The number of rotatable bonds is 29. The van der Waals surface area contributed by atoms with Crippen molar-refractivity contribution in [2.75, 3.05) is 14.2 Å². The van der Waals surface area contributed by atoms with Crippen LogP contribution in [-0.2, 0) is 14.4 Å². The highest BCUT2D eigenvalue weighted by Crippen LogP contribution is 2.66. The van der Waals surface area contributed by atoms with Crippen molar-refractivity contribution >= 4 is 101 Å². The number of methoxy groups -OCH3 is 2. The molecule has 4 unspecified atom stereocenters. The Balaban J connectivity index is 0.000000116. The van der Waals surface area contributed by atoms with Gasteiger partial charge in [-0.25, -0.2) is 4.85 Å². The maximum atomic E-state index is 13.5. The number of hydrogen-bond acceptors (Lipinski definition) is 13. The Hall–Kier alpha value is -14.4. The molecule has 8 saturated carbocycles. The number of aromatic nitrogens is 8. The van der Waals surface area contributed by atoms with Gasteiger partial charge in [-0.1, -0.05) is 225 Å². The smallest absolute Gasteiger partial charge is 0.191 e. The number of hydrogen-bond donors (Lipinski definition) is 0. The zero-order valence-corrected chi connectivity index (χ0v) is 87.6. The molecule has 8 fully saturated rings. The topological polar surface area (TPSA) is 214 Å². The Kier molecular flexibility index (Phi) is 28.1. The van der Waals surface area contributed by atoms with Crippen LogP contribution in [0.4, 0.5) is 5.69 Å². The van der Waals surface area contributed by atoms with Gasteiger partial charge in [0.2, 0.25) is 0 Å². The number of fused-ring (bicyclic) bond motifs is 4. The zero-order valence-electron chi connectivity index (χ0n) is 86.9. The first-order valence-electron chi connectivity index (χ1n) is 53.4. The summed E-state index contributed by atoms with van der Waals surface area (Å²) in [7, 11) is 3.28. The minimum atomic E-state index is -0.0740. The SMILES string of the molecule is CC(=O)C1CC2(CC(CC(=O)c3ccc(Cl)c4cnn(C(C)c5ccc(-c6ccccc6)cc5)c34)C2)C1.CC1CC2(C1)CC(CC(=O)c1cccc3cnn(C(C)c4ccc(-c5ccccc5)cc4)c13)C2.COc1cccc(-c2ccc(C(C)n3ncc4cccc(C(=O)CC5CC6(C5)CC(C(C)=O)C6)c43)cc2)c1.[C-]#[N+]c1cc(OC)cc(-c2ccc(C(C)n3ncc4cccc(C(=O)CC5CC6(C5)CC(C(C)=O)C6)c43)cc2)c1. The largest absolute Gasteiger partial charge is 0.498 e. The molecule has 4 spiro atoms. The Morgan fingerprint density at radius 2 is 0.624 bits per heavy atom. The molecule has 19 heteroatoms. The number of halogens is 1. The van der Waals surface area contributed by atoms with E-state index >= 15 is 0 Å². The quantitative estimate of drug-likeness (QED) is 0.0315. The van der Waals surface area contributed by atoms with Crippen LogP contribution in [0.5, 0.6) is 11.5 Å². The minimum Gasteiger partial charge on any atom is -0.498 e. The zero-order chi connectivity index (χ0) is 103. The van der Waals surface area contributed by atoms with Gasteiger partial charge in [-0.05, 0) is 330 Å². The van der Waals surface area contributed by atoms with E-state index in [4.69, 9.17) is 42.9 Å². The van der Waals surface area contributed by atoms with Gasteiger partial charge in [-0.15, -0.1) is 0 Å². The summed E-state index contributed by atoms with van der Waals surface area (Å²) in [5.74, 6) is 6.59. The fourth-order valence-electron chi connectivity index (χ4n) is 27.2. The number of ether oxygens (including phenoxy) is 2. The standard InChI is InChI=1S/C34H33N3O3.C33H34N2O3.C32H31ClN2O2.C31H32N2O/c1-21(24-8-10-25(11-9-24)27-13-29(35-3)15-30(14-27)40-4)37-33-26(20-36-37)6-5-7-31(33)32(39)12-23-16-34(17-23)18-28(19-34)22(2)38;1-21(24-10-12-25(13-11-24)26-6-4-8-29(15-26)38-3)35-32-27(20-34-35)7-5-9-30(32)31(37)14-23-16-33(17-23)18-28(19-33)22(2)36;1-20(23-8-10-25(11-9-23)24-6-4-3-5-7-24)35-31-27(12-13-29(33)28(31)19-34-35)30(37)14-22-15-32(16-22)17-26(18-32)21(2)36;1-21-16-31(17-21)18-23(19-31)15-29(34)28-10-6-9-27-20-32-33(30(27)28)22(2)24-11-13-26(14-12-24)25-7-4-3-5-8-25/h5-11,13-15,20-21,23,28H,12,16-19H2,1-2,4H3;4-13,15,20-21,23,28H,14,16-19H2,1-3H3;3-13,19-20,22,26H,14-18H2,1-2H3;3-14,20-23H,15-19H2,1-2H3. The number of carbonyl (C=O) groups excluding carboxylic acids is 7. The van der Waals surface area contributed by atoms with E-state index in [2.05, 4.69) is 190 Å². The molecule has 24 rings (SSSR count). The Morgan fingerprint density at radius 3 is 0.960 bits per heavy atom. The number of para-hydroxylation sites is 3. The average Bonchev–Trinajstić information content (AvgIpc) is 1.28. The fraction of sp³-hybridized carbons (Fsp3) is 0.354. The fourth-order valence-corrected chi connectivity index (χ4v) is 27.4. The summed E-state index contributed by atoms with van der Waals surface area (Å²) < 4.78 is 18.7. The molecule has 0 N–H and O–H groups in total. The van der Waals surface area contributed by atoms with Crippen LogP contribution in [0, 0.1) is 75.6 Å². The van der Waals surface area contributed by atoms with E-state index in [1.807, 2.05) is 153 Å². The molecule has 12 aromatic carbocycles. The van der Waals surface area contributed by atoms with Crippen molar-refractivity contribution in [2.24, 2.45) is 69.0 Å². The summed E-state index contributed by atoms with van der Waals surface area (Å²) in [6, 6.07) is 89.8. The molecular weight excluding hydrogens is 1870 g/mol. The Morgan fingerprint density at radius 1 is 0.329 bits per heavy atom. The first kappa shape index (κ1) is 101. The van der Waals surface area contributed by atoms with Crippen molar-refractivity contribution in [3.63, 3.8) is 0 Å². The van der Waals surface area contributed by atoms with Gasteiger partial charge in [0, 0.05) is 87.2 Å². The van der Waals surface area contributed by atoms with Gasteiger partial charge >= 0.3 is 0 Å². The lowest BCUT2D eigenvalue weighted by Gasteiger charge is -2.57. The van der Waals surface area contributed by atoms with Crippen LogP contribution < -0.4 is 9.47 Å². The molecule has 149 heavy (non-hydrogen) atoms. The van der Waals surface area contributed by atoms with Gasteiger partial charge in [-0.3, -0.25) is 52.3 Å². The summed E-state index contributed by atoms with van der Waals surface area (Å²) in [5, 5.41) is 23.3. The second-order valence-electron chi connectivity index (χ2n) is 45.4. The van der Waals surface area contributed by atoms with Crippen molar-refractivity contribution in [3.05, 3.63) is 353 Å². The van der Waals surface area contributed by atoms with Crippen molar-refractivity contribution < 1.29 is 43.0 Å². The molecule has 18 nitrogen and oxygen atoms in total. The third-order valence-electron chi connectivity index (χ3n) is 35.0. The third kappa shape index (κ3) is 20.4. The normalized spacial score (nSPS) is 23.3. The monoisotopic (exact) mass is 2000 g/mol. The van der Waals surface area contributed by atoms with E-state index in [9.17, 15) is 33.6 Å². The highest BCUT2D eigenvalue weighted by Gasteiger charge is 2.57. The molecule has 4 heterocycles. The van der Waals surface area contributed by atoms with E-state index in [0.29, 0.717) is 110 Å². The molecule has 16 aromatic rings. The summed E-state index contributed by atoms with van der Waals surface area (Å²) >= 11 is 6.54. The van der Waals surface area contributed by atoms with Crippen LogP contribution in [0.15, 0.2) is 292 Å². The molecule has 8 aliphatic carbocycles. The second kappa shape index (κ2) is 41.6. The Labute approximate surface area is 877 Å². The number of ketones is 7. The number of Topliss-reactive ketones (excluding diaryl/α,β-unsaturated/α-hetero) is 7. The molecule has 756 valence electrons. The van der Waals surface area contributed by atoms with E-state index in [1.165, 1.54) is 53.5 Å². The van der Waals surface area contributed by atoms with Crippen molar-refractivity contribution in [1.29, 1.82) is 0 Å². The number of benzene rings is 12. The van der Waals surface area contributed by atoms with Gasteiger partial charge in [0.15, 0.2) is 28.8 Å². The lowest BCUT2D eigenvalue weighted by molar-refractivity contribution is -0.136. The molecule has 4 aromatic heterocycles. The van der Waals surface area contributed by atoms with Crippen LogP contribution in [0.3, 0.4) is 0 Å².